The van der Waals surface area contributed by atoms with Crippen molar-refractivity contribution < 1.29 is 9.47 Å². The highest BCUT2D eigenvalue weighted by Crippen LogP contribution is 2.43. The molecule has 0 heterocycles. The second-order valence-corrected chi connectivity index (χ2v) is 20.0. The average Bonchev–Trinajstić information content (AvgIpc) is 2.60. The lowest BCUT2D eigenvalue weighted by Gasteiger charge is -2.19. The zero-order chi connectivity index (χ0) is 19.6. The fourth-order valence-corrected chi connectivity index (χ4v) is 12.0. The van der Waals surface area contributed by atoms with E-state index in [0.29, 0.717) is 11.5 Å². The topological polar surface area (TPSA) is 18.5 Å². The molecule has 0 fully saturated rings. The molecule has 0 aromatic heterocycles. The summed E-state index contributed by atoms with van der Waals surface area (Å²) in [5.41, 5.74) is 1.17. The summed E-state index contributed by atoms with van der Waals surface area (Å²) in [5, 5.41) is 0. The molecule has 8 heteroatoms. The Balaban J connectivity index is 3.38. The van der Waals surface area contributed by atoms with Crippen molar-refractivity contribution in [2.24, 2.45) is 0 Å². The van der Waals surface area contributed by atoms with Crippen LogP contribution in [0.4, 0.5) is 0 Å². The first-order chi connectivity index (χ1) is 12.5. The van der Waals surface area contributed by atoms with Crippen molar-refractivity contribution in [3.05, 3.63) is 0 Å². The molecule has 26 heavy (non-hydrogen) atoms. The summed E-state index contributed by atoms with van der Waals surface area (Å²) in [7, 11) is 6.66. The Morgan fingerprint density at radius 3 is 1.35 bits per heavy atom. The molecule has 0 aliphatic rings. The first-order valence-electron chi connectivity index (χ1n) is 10.3. The Kier molecular flexibility index (Phi) is 21.4. The van der Waals surface area contributed by atoms with E-state index < -0.39 is 17.6 Å². The zero-order valence-electron chi connectivity index (χ0n) is 17.8. The largest absolute Gasteiger partial charge is 0.382 e. The zero-order valence-corrected chi connectivity index (χ0v) is 23.4. The predicted molar refractivity (Wildman–Crippen MR) is 136 cm³/mol. The quantitative estimate of drug-likeness (QED) is 0.115. The van der Waals surface area contributed by atoms with Crippen LogP contribution in [0, 0.1) is 0 Å². The molecule has 0 rings (SSSR count). The third-order valence-electron chi connectivity index (χ3n) is 4.31. The van der Waals surface area contributed by atoms with Gasteiger partial charge in [0.2, 0.25) is 0 Å². The minimum atomic E-state index is -0.651. The van der Waals surface area contributed by atoms with Crippen LogP contribution in [0.3, 0.4) is 0 Å². The van der Waals surface area contributed by atoms with Crippen LogP contribution in [-0.4, -0.2) is 53.8 Å². The highest BCUT2D eigenvalue weighted by Gasteiger charge is 2.14. The molecule has 2 unspecified atom stereocenters. The van der Waals surface area contributed by atoms with Crippen molar-refractivity contribution >= 4 is 58.8 Å². The molecule has 0 radical (unpaired) electrons. The summed E-state index contributed by atoms with van der Waals surface area (Å²) in [6.07, 6.45) is 7.83. The monoisotopic (exact) mass is 474 g/mol. The molecule has 0 saturated carbocycles. The van der Waals surface area contributed by atoms with Gasteiger partial charge in [-0.2, -0.15) is 0 Å². The van der Waals surface area contributed by atoms with E-state index in [1.165, 1.54) is 50.0 Å². The minimum Gasteiger partial charge on any atom is -0.382 e. The van der Waals surface area contributed by atoms with Gasteiger partial charge in [-0.3, -0.25) is 0 Å². The Morgan fingerprint density at radius 1 is 0.654 bits per heavy atom. The number of ether oxygens (including phenoxy) is 2. The van der Waals surface area contributed by atoms with Gasteiger partial charge >= 0.3 is 0 Å². The van der Waals surface area contributed by atoms with Gasteiger partial charge in [-0.05, 0) is 59.2 Å². The van der Waals surface area contributed by atoms with Gasteiger partial charge < -0.3 is 9.47 Å². The van der Waals surface area contributed by atoms with Crippen LogP contribution >= 0.6 is 41.2 Å². The maximum atomic E-state index is 5.87. The fourth-order valence-electron chi connectivity index (χ4n) is 2.77. The van der Waals surface area contributed by atoms with Crippen LogP contribution in [0.1, 0.15) is 52.4 Å². The van der Waals surface area contributed by atoms with E-state index in [-0.39, 0.29) is 0 Å². The molecule has 0 saturated heterocycles. The van der Waals surface area contributed by atoms with Crippen LogP contribution < -0.4 is 0 Å². The fraction of sp³-hybridized carbons (Fsp3) is 1.00. The second kappa shape index (κ2) is 20.0. The molecule has 0 aliphatic heterocycles. The van der Waals surface area contributed by atoms with Gasteiger partial charge in [-0.15, -0.1) is 0 Å². The van der Waals surface area contributed by atoms with Gasteiger partial charge in [0.15, 0.2) is 0 Å². The van der Waals surface area contributed by atoms with Gasteiger partial charge in [-0.25, -0.2) is 0 Å². The minimum absolute atomic E-state index is 0.586. The maximum absolute atomic E-state index is 5.87. The first-order valence-corrected chi connectivity index (χ1v) is 21.4. The number of unbranched alkanes of at least 4 members (excludes halogenated alkanes) is 2. The molecule has 0 amide bonds. The van der Waals surface area contributed by atoms with Gasteiger partial charge in [0.1, 0.15) is 0 Å². The van der Waals surface area contributed by atoms with Crippen molar-refractivity contribution in [3.8, 4) is 0 Å². The Hall–Kier alpha value is 1.75. The number of rotatable bonds is 19. The Labute approximate surface area is 182 Å². The molecule has 2 nitrogen and oxygen atoms in total. The molecular formula is C18H42O2S4Si2. The van der Waals surface area contributed by atoms with Crippen LogP contribution in [-0.2, 0) is 9.47 Å². The Morgan fingerprint density at radius 2 is 1.04 bits per heavy atom. The molecule has 0 aromatic rings. The van der Waals surface area contributed by atoms with E-state index in [2.05, 4.69) is 40.0 Å². The molecule has 158 valence electrons. The number of hydrogen-bond donors (Lipinski definition) is 0. The van der Waals surface area contributed by atoms with E-state index in [0.717, 1.165) is 13.2 Å². The molecule has 0 bridgehead atoms. The van der Waals surface area contributed by atoms with Gasteiger partial charge in [0.05, 0.1) is 17.6 Å². The molecule has 0 N–H and O–H groups in total. The van der Waals surface area contributed by atoms with E-state index in [4.69, 9.17) is 9.47 Å². The summed E-state index contributed by atoms with van der Waals surface area (Å²) in [5.74, 6) is 2.54. The van der Waals surface area contributed by atoms with Crippen molar-refractivity contribution in [3.63, 3.8) is 0 Å². The van der Waals surface area contributed by atoms with Crippen LogP contribution in [0.2, 0.25) is 26.2 Å². The van der Waals surface area contributed by atoms with Crippen LogP contribution in [0.5, 0.6) is 0 Å². The summed E-state index contributed by atoms with van der Waals surface area (Å²) in [6.45, 7) is 15.6. The van der Waals surface area contributed by atoms with Gasteiger partial charge in [0.25, 0.3) is 0 Å². The van der Waals surface area contributed by atoms with E-state index in [1.54, 1.807) is 0 Å². The molecule has 0 aliphatic carbocycles. The highest BCUT2D eigenvalue weighted by molar-refractivity contribution is 9.26. The number of hydrogen-bond acceptors (Lipinski definition) is 6. The normalized spacial score (nSPS) is 14.3. The van der Waals surface area contributed by atoms with E-state index in [9.17, 15) is 0 Å². The van der Waals surface area contributed by atoms with Gasteiger partial charge in [0, 0.05) is 36.2 Å². The third kappa shape index (κ3) is 16.7. The van der Waals surface area contributed by atoms with Crippen molar-refractivity contribution in [2.75, 3.05) is 24.7 Å². The second-order valence-electron chi connectivity index (χ2n) is 7.25. The van der Waals surface area contributed by atoms with E-state index >= 15 is 0 Å². The Bertz CT molecular complexity index is 272. The standard InChI is InChI=1S/C18H42O2S4Si2/c1-7-19-17(25(3)4)13-9-11-15-21-23-24-22-16-12-10-14-18(20-8-2)26(5)6/h17-18,25-26H,7-16H2,1-6H3. The van der Waals surface area contributed by atoms with Crippen LogP contribution in [0.15, 0.2) is 0 Å². The lowest BCUT2D eigenvalue weighted by atomic mass is 10.2. The molecule has 0 aromatic carbocycles. The van der Waals surface area contributed by atoms with Crippen molar-refractivity contribution in [2.45, 2.75) is 90.0 Å². The molecule has 0 spiro atoms. The SMILES string of the molecule is CCOC(CCCCSSSSCCCCC(OCC)[SiH](C)C)[SiH](C)C. The molecule has 2 atom stereocenters. The van der Waals surface area contributed by atoms with Crippen molar-refractivity contribution in [1.29, 1.82) is 0 Å². The maximum Gasteiger partial charge on any atom is 0.0656 e. The molecular weight excluding hydrogens is 433 g/mol. The average molecular weight is 475 g/mol. The lowest BCUT2D eigenvalue weighted by Crippen LogP contribution is -2.27. The summed E-state index contributed by atoms with van der Waals surface area (Å²) >= 11 is 0. The third-order valence-corrected chi connectivity index (χ3v) is 15.0. The van der Waals surface area contributed by atoms with E-state index in [1.807, 2.05) is 41.2 Å². The van der Waals surface area contributed by atoms with Crippen LogP contribution in [0.25, 0.3) is 0 Å². The highest BCUT2D eigenvalue weighted by atomic mass is 33.7. The van der Waals surface area contributed by atoms with Crippen molar-refractivity contribution in [1.82, 2.24) is 0 Å². The van der Waals surface area contributed by atoms with Gasteiger partial charge in [-0.1, -0.05) is 60.6 Å². The summed E-state index contributed by atoms with van der Waals surface area (Å²) in [6, 6.07) is 0. The summed E-state index contributed by atoms with van der Waals surface area (Å²) < 4.78 is 11.7. The first kappa shape index (κ1) is 27.8. The lowest BCUT2D eigenvalue weighted by molar-refractivity contribution is 0.107. The smallest absolute Gasteiger partial charge is 0.0656 e. The predicted octanol–water partition coefficient (Wildman–Crippen LogP) is 6.87. The summed E-state index contributed by atoms with van der Waals surface area (Å²) in [4.78, 5) is 0.